The van der Waals surface area contributed by atoms with E-state index in [-0.39, 0.29) is 39.9 Å². The Morgan fingerprint density at radius 1 is 0.853 bits per heavy atom. The topological polar surface area (TPSA) is 72.9 Å². The summed E-state index contributed by atoms with van der Waals surface area (Å²) in [5, 5.41) is 0. The van der Waals surface area contributed by atoms with Gasteiger partial charge in [0.2, 0.25) is 9.84 Å². The molecule has 0 radical (unpaired) electrons. The molecule has 0 unspecified atom stereocenters. The maximum absolute atomic E-state index is 13.6. The lowest BCUT2D eigenvalue weighted by Gasteiger charge is -2.32. The molecular weight excluding hydrogens is 471 g/mol. The van der Waals surface area contributed by atoms with Crippen LogP contribution < -0.4 is 4.90 Å². The van der Waals surface area contributed by atoms with Crippen LogP contribution in [0, 0.1) is 0 Å². The summed E-state index contributed by atoms with van der Waals surface area (Å²) in [5.41, 5.74) is -0.631. The molecule has 0 saturated carbocycles. The molecule has 1 amide bonds. The van der Waals surface area contributed by atoms with Crippen LogP contribution in [0.5, 0.6) is 0 Å². The van der Waals surface area contributed by atoms with E-state index in [1.54, 1.807) is 18.2 Å². The number of amides is 1. The minimum absolute atomic E-state index is 0.0330. The predicted molar refractivity (Wildman–Crippen MR) is 115 cm³/mol. The first-order valence-corrected chi connectivity index (χ1v) is 11.9. The number of rotatable bonds is 3. The van der Waals surface area contributed by atoms with Crippen LogP contribution in [-0.2, 0) is 36.1 Å². The fourth-order valence-corrected chi connectivity index (χ4v) is 5.45. The fraction of sp³-hybridized carbons (Fsp3) is 0.208. The first-order chi connectivity index (χ1) is 16.1. The fourth-order valence-electron chi connectivity index (χ4n) is 4.14. The summed E-state index contributed by atoms with van der Waals surface area (Å²) in [7, 11) is -3.93. The van der Waals surface area contributed by atoms with Crippen molar-refractivity contribution in [3.05, 3.63) is 83.9 Å². The number of sulfone groups is 1. The molecule has 34 heavy (non-hydrogen) atoms. The number of halogens is 3. The van der Waals surface area contributed by atoms with Crippen LogP contribution in [0.15, 0.2) is 82.6 Å². The minimum atomic E-state index is -4.61. The Morgan fingerprint density at radius 3 is 2.24 bits per heavy atom. The van der Waals surface area contributed by atoms with Gasteiger partial charge in [0.25, 0.3) is 11.7 Å². The molecule has 6 nitrogen and oxygen atoms in total. The maximum Gasteiger partial charge on any atom is 0.416 e. The third kappa shape index (κ3) is 3.49. The minimum Gasteiger partial charge on any atom is -0.338 e. The molecule has 10 heteroatoms. The highest BCUT2D eigenvalue weighted by atomic mass is 32.2. The second kappa shape index (κ2) is 7.93. The van der Waals surface area contributed by atoms with Crippen LogP contribution in [0.1, 0.15) is 17.5 Å². The average molecular weight is 489 g/mol. The highest BCUT2D eigenvalue weighted by Crippen LogP contribution is 2.49. The molecule has 1 spiro atoms. The van der Waals surface area contributed by atoms with Gasteiger partial charge in [0.15, 0.2) is 0 Å². The average Bonchev–Trinajstić information content (AvgIpc) is 3.07. The Kier molecular flexibility index (Phi) is 5.27. The molecule has 0 bridgehead atoms. The highest BCUT2D eigenvalue weighted by molar-refractivity contribution is 7.91. The highest BCUT2D eigenvalue weighted by Gasteiger charge is 2.56. The quantitative estimate of drug-likeness (QED) is 0.528. The Hall–Kier alpha value is -3.21. The van der Waals surface area contributed by atoms with Gasteiger partial charge in [-0.3, -0.25) is 9.69 Å². The third-order valence-electron chi connectivity index (χ3n) is 5.74. The SMILES string of the molecule is O=C1N(c2cccc(C(F)(F)F)c2)c2ccc(S(=O)(=O)c3ccccc3)cc2C12OCCCO2. The van der Waals surface area contributed by atoms with Crippen molar-refractivity contribution in [2.24, 2.45) is 0 Å². The lowest BCUT2D eigenvalue weighted by atomic mass is 10.1. The van der Waals surface area contributed by atoms with Crippen LogP contribution in [0.2, 0.25) is 0 Å². The van der Waals surface area contributed by atoms with E-state index in [0.717, 1.165) is 17.0 Å². The van der Waals surface area contributed by atoms with Gasteiger partial charge in [0.05, 0.1) is 34.3 Å². The molecule has 2 heterocycles. The molecule has 0 aliphatic carbocycles. The zero-order valence-electron chi connectivity index (χ0n) is 17.6. The van der Waals surface area contributed by atoms with Crippen molar-refractivity contribution < 1.29 is 35.9 Å². The smallest absolute Gasteiger partial charge is 0.338 e. The number of nitrogens with zero attached hydrogens (tertiary/aromatic N) is 1. The molecule has 3 aromatic rings. The largest absolute Gasteiger partial charge is 0.416 e. The predicted octanol–water partition coefficient (Wildman–Crippen LogP) is 4.81. The molecular formula is C24H18F3NO5S. The summed E-state index contributed by atoms with van der Waals surface area (Å²) in [6.45, 7) is 0.328. The monoisotopic (exact) mass is 489 g/mol. The molecule has 0 N–H and O–H groups in total. The number of carbonyl (C=O) groups is 1. The summed E-state index contributed by atoms with van der Waals surface area (Å²) in [4.78, 5) is 14.6. The molecule has 1 fully saturated rings. The van der Waals surface area contributed by atoms with E-state index in [1.165, 1.54) is 42.5 Å². The van der Waals surface area contributed by atoms with Gasteiger partial charge >= 0.3 is 6.18 Å². The van der Waals surface area contributed by atoms with Crippen molar-refractivity contribution in [3.63, 3.8) is 0 Å². The van der Waals surface area contributed by atoms with Crippen LogP contribution in [0.4, 0.5) is 24.5 Å². The summed E-state index contributed by atoms with van der Waals surface area (Å²) >= 11 is 0. The van der Waals surface area contributed by atoms with Crippen LogP contribution in [0.25, 0.3) is 0 Å². The third-order valence-corrected chi connectivity index (χ3v) is 7.51. The molecule has 1 saturated heterocycles. The van der Waals surface area contributed by atoms with Crippen LogP contribution in [0.3, 0.4) is 0 Å². The van der Waals surface area contributed by atoms with E-state index < -0.39 is 33.3 Å². The lowest BCUT2D eigenvalue weighted by Crippen LogP contribution is -2.46. The summed E-state index contributed by atoms with van der Waals surface area (Å²) < 4.78 is 77.9. The molecule has 3 aromatic carbocycles. The van der Waals surface area contributed by atoms with E-state index in [1.807, 2.05) is 0 Å². The van der Waals surface area contributed by atoms with Crippen molar-refractivity contribution in [2.75, 3.05) is 18.1 Å². The van der Waals surface area contributed by atoms with Gasteiger partial charge in [-0.25, -0.2) is 8.42 Å². The van der Waals surface area contributed by atoms with Gasteiger partial charge in [0, 0.05) is 11.3 Å². The van der Waals surface area contributed by atoms with Crippen molar-refractivity contribution in [1.82, 2.24) is 0 Å². The van der Waals surface area contributed by atoms with Crippen molar-refractivity contribution >= 4 is 27.1 Å². The zero-order chi connectivity index (χ0) is 24.1. The number of alkyl halides is 3. The standard InChI is InChI=1S/C24H18F3NO5S/c25-24(26,27)16-6-4-7-17(14-16)28-21-11-10-19(34(30,31)18-8-2-1-3-9-18)15-20(21)23(22(28)29)32-12-5-13-33-23/h1-4,6-11,14-15H,5,12-13H2. The van der Waals surface area contributed by atoms with E-state index in [0.29, 0.717) is 6.42 Å². The number of hydrogen-bond acceptors (Lipinski definition) is 5. The number of carbonyl (C=O) groups excluding carboxylic acids is 1. The molecule has 0 atom stereocenters. The van der Waals surface area contributed by atoms with Gasteiger partial charge < -0.3 is 9.47 Å². The zero-order valence-corrected chi connectivity index (χ0v) is 18.4. The Bertz CT molecular complexity index is 1370. The lowest BCUT2D eigenvalue weighted by molar-refractivity contribution is -0.256. The van der Waals surface area contributed by atoms with Crippen molar-refractivity contribution in [3.8, 4) is 0 Å². The van der Waals surface area contributed by atoms with E-state index in [4.69, 9.17) is 9.47 Å². The summed E-state index contributed by atoms with van der Waals surface area (Å²) in [6, 6.07) is 16.1. The molecule has 0 aromatic heterocycles. The molecule has 176 valence electrons. The van der Waals surface area contributed by atoms with Crippen molar-refractivity contribution in [2.45, 2.75) is 28.2 Å². The normalized spacial score (nSPS) is 17.7. The number of anilines is 2. The first-order valence-electron chi connectivity index (χ1n) is 10.4. The van der Waals surface area contributed by atoms with Crippen LogP contribution >= 0.6 is 0 Å². The van der Waals surface area contributed by atoms with Gasteiger partial charge in [0.1, 0.15) is 0 Å². The first kappa shape index (κ1) is 22.6. The van der Waals surface area contributed by atoms with E-state index in [9.17, 15) is 26.4 Å². The number of fused-ring (bicyclic) bond motifs is 2. The van der Waals surface area contributed by atoms with E-state index in [2.05, 4.69) is 0 Å². The van der Waals surface area contributed by atoms with Gasteiger partial charge in [-0.2, -0.15) is 13.2 Å². The Morgan fingerprint density at radius 2 is 1.56 bits per heavy atom. The number of ether oxygens (including phenoxy) is 2. The molecule has 5 rings (SSSR count). The second-order valence-electron chi connectivity index (χ2n) is 7.85. The Balaban J connectivity index is 1.68. The van der Waals surface area contributed by atoms with E-state index >= 15 is 0 Å². The summed E-state index contributed by atoms with van der Waals surface area (Å²) in [6.07, 6.45) is -4.10. The van der Waals surface area contributed by atoms with Gasteiger partial charge in [-0.1, -0.05) is 24.3 Å². The summed E-state index contributed by atoms with van der Waals surface area (Å²) in [5.74, 6) is -2.68. The maximum atomic E-state index is 13.6. The number of benzene rings is 3. The molecule has 2 aliphatic rings. The van der Waals surface area contributed by atoms with Crippen molar-refractivity contribution in [1.29, 1.82) is 0 Å². The van der Waals surface area contributed by atoms with Gasteiger partial charge in [-0.15, -0.1) is 0 Å². The van der Waals surface area contributed by atoms with Gasteiger partial charge in [-0.05, 0) is 55.0 Å². The van der Waals surface area contributed by atoms with Crippen LogP contribution in [-0.4, -0.2) is 27.5 Å². The number of hydrogen-bond donors (Lipinski definition) is 0. The second-order valence-corrected chi connectivity index (χ2v) is 9.80. The molecule has 2 aliphatic heterocycles. The Labute approximate surface area is 193 Å².